The van der Waals surface area contributed by atoms with Gasteiger partial charge in [0.1, 0.15) is 0 Å². The summed E-state index contributed by atoms with van der Waals surface area (Å²) in [6.07, 6.45) is 0.728. The van der Waals surface area contributed by atoms with Crippen LogP contribution < -0.4 is 10.6 Å². The van der Waals surface area contributed by atoms with E-state index in [2.05, 4.69) is 0 Å². The minimum Gasteiger partial charge on any atom is -0.305 e. The van der Waals surface area contributed by atoms with Crippen LogP contribution in [0, 0.1) is 20.8 Å². The smallest absolute Gasteiger partial charge is 0.230 e. The van der Waals surface area contributed by atoms with Gasteiger partial charge in [-0.05, 0) is 43.9 Å². The first-order chi connectivity index (χ1) is 12.9. The second-order valence-electron chi connectivity index (χ2n) is 7.01. The van der Waals surface area contributed by atoms with Gasteiger partial charge in [0, 0.05) is 16.2 Å². The van der Waals surface area contributed by atoms with Crippen LogP contribution in [0.15, 0.2) is 66.7 Å². The summed E-state index contributed by atoms with van der Waals surface area (Å²) < 4.78 is 14.5. The summed E-state index contributed by atoms with van der Waals surface area (Å²) in [5.41, 5.74) is 4.12. The van der Waals surface area contributed by atoms with Crippen LogP contribution >= 0.6 is 7.14 Å². The van der Waals surface area contributed by atoms with Crippen molar-refractivity contribution in [1.82, 2.24) is 0 Å². The van der Waals surface area contributed by atoms with E-state index in [1.165, 1.54) is 0 Å². The molecule has 0 aliphatic rings. The van der Waals surface area contributed by atoms with E-state index in [4.69, 9.17) is 0 Å². The van der Waals surface area contributed by atoms with E-state index in [0.717, 1.165) is 28.7 Å². The van der Waals surface area contributed by atoms with Gasteiger partial charge in [-0.1, -0.05) is 79.2 Å². The van der Waals surface area contributed by atoms with Crippen LogP contribution in [-0.2, 0) is 11.0 Å². The highest BCUT2D eigenvalue weighted by Crippen LogP contribution is 2.48. The number of hydrogen-bond donors (Lipinski definition) is 0. The SMILES string of the molecule is CCc1ccccc1P(=O)(C(=O)c1c(C)cc(C)cc1C)c1ccccc1. The Morgan fingerprint density at radius 1 is 0.852 bits per heavy atom. The Morgan fingerprint density at radius 3 is 2.00 bits per heavy atom. The third kappa shape index (κ3) is 3.42. The lowest BCUT2D eigenvalue weighted by Crippen LogP contribution is -2.26. The highest BCUT2D eigenvalue weighted by Gasteiger charge is 2.39. The topological polar surface area (TPSA) is 34.1 Å². The fraction of sp³-hybridized carbons (Fsp3) is 0.208. The molecule has 0 N–H and O–H groups in total. The maximum absolute atomic E-state index is 14.5. The number of rotatable bonds is 5. The molecule has 0 radical (unpaired) electrons. The molecule has 3 aromatic carbocycles. The van der Waals surface area contributed by atoms with Crippen molar-refractivity contribution in [3.63, 3.8) is 0 Å². The summed E-state index contributed by atoms with van der Waals surface area (Å²) in [5, 5.41) is 1.25. The molecule has 0 saturated heterocycles. The Labute approximate surface area is 161 Å². The molecule has 3 aromatic rings. The first kappa shape index (κ1) is 19.3. The lowest BCUT2D eigenvalue weighted by Gasteiger charge is -2.22. The summed E-state index contributed by atoms with van der Waals surface area (Å²) >= 11 is 0. The summed E-state index contributed by atoms with van der Waals surface area (Å²) in [7, 11) is -3.50. The van der Waals surface area contributed by atoms with Crippen molar-refractivity contribution >= 4 is 23.3 Å². The molecule has 2 nitrogen and oxygen atoms in total. The van der Waals surface area contributed by atoms with Crippen molar-refractivity contribution in [3.8, 4) is 0 Å². The fourth-order valence-corrected chi connectivity index (χ4v) is 6.72. The van der Waals surface area contributed by atoms with Crippen molar-refractivity contribution in [3.05, 3.63) is 94.5 Å². The fourth-order valence-electron chi connectivity index (χ4n) is 3.80. The molecule has 0 saturated carbocycles. The predicted octanol–water partition coefficient (Wildman–Crippen LogP) is 5.33. The van der Waals surface area contributed by atoms with Crippen LogP contribution in [0.2, 0.25) is 0 Å². The van der Waals surface area contributed by atoms with Gasteiger partial charge < -0.3 is 4.57 Å². The number of carbonyl (C=O) groups is 1. The van der Waals surface area contributed by atoms with Crippen LogP contribution in [0.4, 0.5) is 0 Å². The van der Waals surface area contributed by atoms with Gasteiger partial charge in [-0.3, -0.25) is 4.79 Å². The normalized spacial score (nSPS) is 13.2. The molecule has 0 bridgehead atoms. The van der Waals surface area contributed by atoms with Crippen molar-refractivity contribution < 1.29 is 9.36 Å². The number of hydrogen-bond acceptors (Lipinski definition) is 2. The molecule has 0 aromatic heterocycles. The first-order valence-electron chi connectivity index (χ1n) is 9.26. The van der Waals surface area contributed by atoms with Gasteiger partial charge in [-0.25, -0.2) is 0 Å². The highest BCUT2D eigenvalue weighted by molar-refractivity contribution is 7.93. The van der Waals surface area contributed by atoms with Gasteiger partial charge in [0.15, 0.2) is 0 Å². The maximum Gasteiger partial charge on any atom is 0.230 e. The second-order valence-corrected chi connectivity index (χ2v) is 9.63. The van der Waals surface area contributed by atoms with Crippen LogP contribution in [0.25, 0.3) is 0 Å². The quantitative estimate of drug-likeness (QED) is 0.564. The minimum atomic E-state index is -3.50. The molecule has 0 spiro atoms. The van der Waals surface area contributed by atoms with E-state index in [0.29, 0.717) is 16.2 Å². The summed E-state index contributed by atoms with van der Waals surface area (Å²) in [6.45, 7) is 7.89. The van der Waals surface area contributed by atoms with E-state index >= 15 is 0 Å². The highest BCUT2D eigenvalue weighted by atomic mass is 31.2. The van der Waals surface area contributed by atoms with Gasteiger partial charge in [0.2, 0.25) is 12.7 Å². The van der Waals surface area contributed by atoms with Crippen molar-refractivity contribution in [2.75, 3.05) is 0 Å². The molecule has 0 amide bonds. The molecule has 0 aliphatic heterocycles. The zero-order chi connectivity index (χ0) is 19.6. The Balaban J connectivity index is 2.33. The molecule has 3 heteroatoms. The van der Waals surface area contributed by atoms with E-state index in [9.17, 15) is 9.36 Å². The van der Waals surface area contributed by atoms with Crippen molar-refractivity contribution in [2.45, 2.75) is 34.1 Å². The van der Waals surface area contributed by atoms with Crippen molar-refractivity contribution in [1.29, 1.82) is 0 Å². The van der Waals surface area contributed by atoms with Crippen LogP contribution in [0.1, 0.15) is 39.5 Å². The van der Waals surface area contributed by atoms with E-state index in [1.54, 1.807) is 0 Å². The molecule has 1 unspecified atom stereocenters. The standard InChI is InChI=1S/C24H25O2P/c1-5-20-11-9-10-14-22(20)27(26,21-12-7-6-8-13-21)24(25)23-18(3)15-17(2)16-19(23)4/h6-16H,5H2,1-4H3. The molecular weight excluding hydrogens is 351 g/mol. The van der Waals surface area contributed by atoms with E-state index < -0.39 is 7.14 Å². The van der Waals surface area contributed by atoms with Gasteiger partial charge in [-0.15, -0.1) is 0 Å². The Hall–Kier alpha value is -2.44. The van der Waals surface area contributed by atoms with Gasteiger partial charge in [0.05, 0.1) is 0 Å². The molecule has 0 fully saturated rings. The number of carbonyl (C=O) groups excluding carboxylic acids is 1. The first-order valence-corrected chi connectivity index (χ1v) is 11.0. The summed E-state index contributed by atoms with van der Waals surface area (Å²) in [5.74, 6) is 0. The lowest BCUT2D eigenvalue weighted by atomic mass is 10.0. The van der Waals surface area contributed by atoms with Crippen LogP contribution in [-0.4, -0.2) is 5.52 Å². The number of benzene rings is 3. The Morgan fingerprint density at radius 2 is 1.41 bits per heavy atom. The molecule has 27 heavy (non-hydrogen) atoms. The zero-order valence-corrected chi connectivity index (χ0v) is 17.2. The molecule has 138 valence electrons. The van der Waals surface area contributed by atoms with Crippen LogP contribution in [0.5, 0.6) is 0 Å². The zero-order valence-electron chi connectivity index (χ0n) is 16.3. The summed E-state index contributed by atoms with van der Waals surface area (Å²) in [4.78, 5) is 13.8. The summed E-state index contributed by atoms with van der Waals surface area (Å²) in [6, 6.07) is 20.8. The molecule has 3 rings (SSSR count). The predicted molar refractivity (Wildman–Crippen MR) is 114 cm³/mol. The Kier molecular flexibility index (Phi) is 5.48. The molecule has 0 heterocycles. The monoisotopic (exact) mass is 376 g/mol. The average Bonchev–Trinajstić information content (AvgIpc) is 2.67. The largest absolute Gasteiger partial charge is 0.305 e. The third-order valence-electron chi connectivity index (χ3n) is 5.01. The maximum atomic E-state index is 14.5. The van der Waals surface area contributed by atoms with Gasteiger partial charge >= 0.3 is 0 Å². The van der Waals surface area contributed by atoms with E-state index in [-0.39, 0.29) is 5.52 Å². The molecule has 1 atom stereocenters. The molecular formula is C24H25O2P. The Bertz CT molecular complexity index is 1010. The number of aryl methyl sites for hydroxylation is 4. The molecule has 0 aliphatic carbocycles. The average molecular weight is 376 g/mol. The van der Waals surface area contributed by atoms with E-state index in [1.807, 2.05) is 94.4 Å². The van der Waals surface area contributed by atoms with Crippen molar-refractivity contribution in [2.24, 2.45) is 0 Å². The third-order valence-corrected chi connectivity index (χ3v) is 7.94. The van der Waals surface area contributed by atoms with Gasteiger partial charge in [0.25, 0.3) is 0 Å². The minimum absolute atomic E-state index is 0.274. The lowest BCUT2D eigenvalue weighted by molar-refractivity contribution is 0.107. The van der Waals surface area contributed by atoms with Gasteiger partial charge in [-0.2, -0.15) is 0 Å². The second kappa shape index (κ2) is 7.66. The van der Waals surface area contributed by atoms with Crippen LogP contribution in [0.3, 0.4) is 0 Å².